The molecule has 0 unspecified atom stereocenters. The second kappa shape index (κ2) is 10.2. The number of nitrogens with two attached hydrogens (primary N) is 2. The van der Waals surface area contributed by atoms with Gasteiger partial charge in [0.25, 0.3) is 0 Å². The lowest BCUT2D eigenvalue weighted by Crippen LogP contribution is -2.56. The topological polar surface area (TPSA) is 164 Å². The van der Waals surface area contributed by atoms with Crippen LogP contribution in [0.15, 0.2) is 30.5 Å². The van der Waals surface area contributed by atoms with Crippen LogP contribution in [0.3, 0.4) is 0 Å². The van der Waals surface area contributed by atoms with Crippen molar-refractivity contribution in [3.63, 3.8) is 0 Å². The standard InChI is InChI=1S/C18H23N3O4.C2H6N2O/c1-25-12-2-3-15-14(10-12)13(4-7-20-15)16(22)11-21-8-5-18(19,6-9-21)17(23)24;1-4-2(3)5/h2-4,7,10,16,22H,5-6,8-9,11,19H2,1H3,(H,23,24);1H3,(H3,3,4,5)/t16-;/m0./s1. The van der Waals surface area contributed by atoms with Gasteiger partial charge in [0.05, 0.1) is 18.7 Å². The fourth-order valence-electron chi connectivity index (χ4n) is 3.26. The van der Waals surface area contributed by atoms with Crippen LogP contribution >= 0.6 is 0 Å². The van der Waals surface area contributed by atoms with E-state index in [2.05, 4.69) is 16.0 Å². The molecule has 1 aromatic heterocycles. The Balaban J connectivity index is 0.000000575. The lowest BCUT2D eigenvalue weighted by molar-refractivity contribution is -0.145. The van der Waals surface area contributed by atoms with Gasteiger partial charge < -0.3 is 36.6 Å². The normalized spacial score (nSPS) is 16.8. The molecular formula is C20H29N5O5. The molecule has 0 bridgehead atoms. The number of methoxy groups -OCH3 is 1. The molecule has 2 amide bonds. The molecule has 10 nitrogen and oxygen atoms in total. The van der Waals surface area contributed by atoms with E-state index in [9.17, 15) is 19.8 Å². The SMILES string of the molecule is CNC(N)=O.COc1ccc2nccc([C@@H](O)CN3CCC(N)(C(=O)O)CC3)c2c1. The number of rotatable bonds is 5. The molecular weight excluding hydrogens is 390 g/mol. The van der Waals surface area contributed by atoms with Gasteiger partial charge in [-0.05, 0) is 42.7 Å². The van der Waals surface area contributed by atoms with Crippen LogP contribution in [-0.4, -0.2) is 71.4 Å². The first kappa shape index (κ1) is 23.3. The zero-order chi connectivity index (χ0) is 22.3. The van der Waals surface area contributed by atoms with Gasteiger partial charge in [0.1, 0.15) is 11.3 Å². The predicted octanol–water partition coefficient (Wildman–Crippen LogP) is 0.439. The summed E-state index contributed by atoms with van der Waals surface area (Å²) in [6.07, 6.45) is 1.73. The number of pyridine rings is 1. The van der Waals surface area contributed by atoms with Crippen LogP contribution < -0.4 is 21.5 Å². The number of aliphatic hydroxyl groups is 1. The van der Waals surface area contributed by atoms with E-state index in [1.165, 1.54) is 7.05 Å². The lowest BCUT2D eigenvalue weighted by Gasteiger charge is -2.37. The van der Waals surface area contributed by atoms with Crippen molar-refractivity contribution in [1.29, 1.82) is 0 Å². The van der Waals surface area contributed by atoms with Crippen LogP contribution in [0.25, 0.3) is 10.9 Å². The van der Waals surface area contributed by atoms with E-state index < -0.39 is 23.6 Å². The molecule has 1 fully saturated rings. The Kier molecular flexibility index (Phi) is 7.93. The summed E-state index contributed by atoms with van der Waals surface area (Å²) in [4.78, 5) is 27.1. The van der Waals surface area contributed by atoms with Gasteiger partial charge >= 0.3 is 12.0 Å². The Bertz CT molecular complexity index is 883. The molecule has 164 valence electrons. The number of nitrogens with zero attached hydrogens (tertiary/aromatic N) is 2. The van der Waals surface area contributed by atoms with Gasteiger partial charge in [-0.25, -0.2) is 4.79 Å². The van der Waals surface area contributed by atoms with Gasteiger partial charge in [-0.2, -0.15) is 0 Å². The summed E-state index contributed by atoms with van der Waals surface area (Å²) >= 11 is 0. The number of benzene rings is 1. The van der Waals surface area contributed by atoms with E-state index in [0.29, 0.717) is 38.2 Å². The summed E-state index contributed by atoms with van der Waals surface area (Å²) in [5.74, 6) is -0.249. The first-order chi connectivity index (χ1) is 14.2. The molecule has 1 atom stereocenters. The second-order valence-electron chi connectivity index (χ2n) is 7.18. The summed E-state index contributed by atoms with van der Waals surface area (Å²) < 4.78 is 5.26. The molecule has 2 heterocycles. The number of fused-ring (bicyclic) bond motifs is 1. The first-order valence-electron chi connectivity index (χ1n) is 9.52. The fourth-order valence-corrected chi connectivity index (χ4v) is 3.26. The number of aliphatic hydroxyl groups excluding tert-OH is 1. The number of hydrogen-bond acceptors (Lipinski definition) is 7. The molecule has 0 radical (unpaired) electrons. The summed E-state index contributed by atoms with van der Waals surface area (Å²) in [5.41, 5.74) is 10.9. The van der Waals surface area contributed by atoms with Gasteiger partial charge in [-0.1, -0.05) is 0 Å². The van der Waals surface area contributed by atoms with Gasteiger partial charge in [0.2, 0.25) is 0 Å². The Morgan fingerprint density at radius 3 is 2.50 bits per heavy atom. The molecule has 3 rings (SSSR count). The lowest BCUT2D eigenvalue weighted by atomic mass is 9.88. The van der Waals surface area contributed by atoms with Crippen molar-refractivity contribution in [3.05, 3.63) is 36.0 Å². The summed E-state index contributed by atoms with van der Waals surface area (Å²) in [6.45, 7) is 1.52. The van der Waals surface area contributed by atoms with E-state index >= 15 is 0 Å². The van der Waals surface area contributed by atoms with Gasteiger partial charge in [0, 0.05) is 38.3 Å². The van der Waals surface area contributed by atoms with Gasteiger partial charge in [-0.3, -0.25) is 9.78 Å². The Morgan fingerprint density at radius 1 is 1.33 bits per heavy atom. The molecule has 1 aliphatic heterocycles. The minimum Gasteiger partial charge on any atom is -0.497 e. The number of nitrogens with one attached hydrogen (secondary N) is 1. The molecule has 0 aliphatic carbocycles. The summed E-state index contributed by atoms with van der Waals surface area (Å²) in [7, 11) is 3.07. The number of aromatic nitrogens is 1. The number of carbonyl (C=O) groups is 2. The van der Waals surface area contributed by atoms with E-state index in [-0.39, 0.29) is 0 Å². The minimum absolute atomic E-state index is 0.375. The number of carbonyl (C=O) groups excluding carboxylic acids is 1. The van der Waals surface area contributed by atoms with Gasteiger partial charge in [-0.15, -0.1) is 0 Å². The van der Waals surface area contributed by atoms with Gasteiger partial charge in [0.15, 0.2) is 0 Å². The molecule has 1 aromatic carbocycles. The highest BCUT2D eigenvalue weighted by Gasteiger charge is 2.37. The number of amides is 2. The molecule has 1 saturated heterocycles. The molecule has 7 N–H and O–H groups in total. The van der Waals surface area contributed by atoms with Crippen molar-refractivity contribution in [3.8, 4) is 5.75 Å². The number of piperidine rings is 1. The average molecular weight is 419 g/mol. The molecule has 0 spiro atoms. The molecule has 2 aromatic rings. The van der Waals surface area contributed by atoms with Crippen molar-refractivity contribution in [1.82, 2.24) is 15.2 Å². The fraction of sp³-hybridized carbons (Fsp3) is 0.450. The van der Waals surface area contributed by atoms with E-state index in [0.717, 1.165) is 16.5 Å². The number of primary amides is 1. The number of ether oxygens (including phenoxy) is 1. The van der Waals surface area contributed by atoms with Crippen LogP contribution in [0, 0.1) is 0 Å². The largest absolute Gasteiger partial charge is 0.497 e. The number of urea groups is 1. The number of β-amino-alcohol motifs (C(OH)–C–C–N with tert-alkyl or cyclic N) is 1. The maximum atomic E-state index is 11.2. The highest BCUT2D eigenvalue weighted by atomic mass is 16.5. The van der Waals surface area contributed by atoms with Crippen LogP contribution in [0.4, 0.5) is 4.79 Å². The van der Waals surface area contributed by atoms with E-state index in [4.69, 9.17) is 10.5 Å². The summed E-state index contributed by atoms with van der Waals surface area (Å²) in [6, 6.07) is 6.88. The number of aliphatic carboxylic acids is 1. The molecule has 30 heavy (non-hydrogen) atoms. The van der Waals surface area contributed by atoms with Crippen molar-refractivity contribution >= 4 is 22.9 Å². The Hall–Kier alpha value is -2.95. The third-order valence-corrected chi connectivity index (χ3v) is 5.19. The van der Waals surface area contributed by atoms with E-state index in [1.54, 1.807) is 19.4 Å². The third-order valence-electron chi connectivity index (χ3n) is 5.19. The van der Waals surface area contributed by atoms with Crippen LogP contribution in [0.2, 0.25) is 0 Å². The zero-order valence-corrected chi connectivity index (χ0v) is 17.2. The van der Waals surface area contributed by atoms with Crippen molar-refractivity contribution in [2.45, 2.75) is 24.5 Å². The zero-order valence-electron chi connectivity index (χ0n) is 17.2. The number of carboxylic acid groups (broad SMARTS) is 1. The maximum Gasteiger partial charge on any atom is 0.323 e. The van der Waals surface area contributed by atoms with Crippen molar-refractivity contribution in [2.75, 3.05) is 33.8 Å². The van der Waals surface area contributed by atoms with Crippen LogP contribution in [-0.2, 0) is 4.79 Å². The minimum atomic E-state index is -1.15. The monoisotopic (exact) mass is 419 g/mol. The Morgan fingerprint density at radius 2 is 1.97 bits per heavy atom. The maximum absolute atomic E-state index is 11.2. The highest BCUT2D eigenvalue weighted by molar-refractivity contribution is 5.84. The molecule has 10 heteroatoms. The number of likely N-dealkylation sites (tertiary alicyclic amines) is 1. The first-order valence-corrected chi connectivity index (χ1v) is 9.52. The quantitative estimate of drug-likeness (QED) is 0.466. The number of carboxylic acids is 1. The Labute approximate surface area is 174 Å². The van der Waals surface area contributed by atoms with Crippen LogP contribution in [0.1, 0.15) is 24.5 Å². The predicted molar refractivity (Wildman–Crippen MR) is 112 cm³/mol. The third kappa shape index (κ3) is 5.78. The summed E-state index contributed by atoms with van der Waals surface area (Å²) in [5, 5.41) is 22.9. The second-order valence-corrected chi connectivity index (χ2v) is 7.18. The van der Waals surface area contributed by atoms with Crippen molar-refractivity contribution in [2.24, 2.45) is 11.5 Å². The van der Waals surface area contributed by atoms with Crippen LogP contribution in [0.5, 0.6) is 5.75 Å². The average Bonchev–Trinajstić information content (AvgIpc) is 2.74. The van der Waals surface area contributed by atoms with E-state index in [1.807, 2.05) is 23.1 Å². The molecule has 0 saturated carbocycles. The number of hydrogen-bond donors (Lipinski definition) is 5. The smallest absolute Gasteiger partial charge is 0.323 e. The molecule has 1 aliphatic rings. The van der Waals surface area contributed by atoms with Crippen molar-refractivity contribution < 1.29 is 24.5 Å². The highest BCUT2D eigenvalue weighted by Crippen LogP contribution is 2.28.